The van der Waals surface area contributed by atoms with Gasteiger partial charge in [0.1, 0.15) is 0 Å². The number of nitro groups is 1. The molecular formula is C14H20N2O2. The van der Waals surface area contributed by atoms with Gasteiger partial charge in [-0.2, -0.15) is 0 Å². The van der Waals surface area contributed by atoms with Crippen LogP contribution in [0.25, 0.3) is 0 Å². The number of hydrogen-bond acceptors (Lipinski definition) is 3. The lowest BCUT2D eigenvalue weighted by Gasteiger charge is -2.19. The van der Waals surface area contributed by atoms with Crippen LogP contribution in [0.3, 0.4) is 0 Å². The molecule has 1 N–H and O–H groups in total. The molecule has 4 heteroatoms. The number of nitrogens with one attached hydrogen (secondary N) is 1. The second-order valence-corrected chi connectivity index (χ2v) is 5.21. The molecule has 0 bridgehead atoms. The smallest absolute Gasteiger partial charge is 0.274 e. The van der Waals surface area contributed by atoms with Gasteiger partial charge < -0.3 is 5.32 Å². The molecule has 0 aromatic heterocycles. The summed E-state index contributed by atoms with van der Waals surface area (Å²) in [6.07, 6.45) is 3.61. The van der Waals surface area contributed by atoms with Crippen molar-refractivity contribution in [1.82, 2.24) is 0 Å². The molecular weight excluding hydrogens is 228 g/mol. The van der Waals surface area contributed by atoms with E-state index in [2.05, 4.69) is 12.2 Å². The Balaban J connectivity index is 2.26. The van der Waals surface area contributed by atoms with Crippen molar-refractivity contribution in [2.45, 2.75) is 46.1 Å². The summed E-state index contributed by atoms with van der Waals surface area (Å²) in [7, 11) is 0. The Bertz CT molecular complexity index is 467. The third kappa shape index (κ3) is 2.63. The van der Waals surface area contributed by atoms with E-state index in [0.717, 1.165) is 29.2 Å². The Hall–Kier alpha value is -1.58. The van der Waals surface area contributed by atoms with Crippen molar-refractivity contribution in [2.75, 3.05) is 5.32 Å². The van der Waals surface area contributed by atoms with Gasteiger partial charge in [0, 0.05) is 23.4 Å². The molecule has 1 unspecified atom stereocenters. The molecule has 1 aliphatic rings. The molecule has 0 saturated heterocycles. The molecule has 1 aromatic carbocycles. The summed E-state index contributed by atoms with van der Waals surface area (Å²) in [5, 5.41) is 14.4. The predicted octanol–water partition coefficient (Wildman–Crippen LogP) is 3.81. The van der Waals surface area contributed by atoms with Crippen molar-refractivity contribution < 1.29 is 4.92 Å². The lowest BCUT2D eigenvalue weighted by molar-refractivity contribution is -0.385. The van der Waals surface area contributed by atoms with Gasteiger partial charge in [0.25, 0.3) is 5.69 Å². The molecule has 18 heavy (non-hydrogen) atoms. The fourth-order valence-electron chi connectivity index (χ4n) is 2.44. The summed E-state index contributed by atoms with van der Waals surface area (Å²) < 4.78 is 0. The fraction of sp³-hybridized carbons (Fsp3) is 0.571. The lowest BCUT2D eigenvalue weighted by atomic mass is 10.1. The second-order valence-electron chi connectivity index (χ2n) is 5.21. The van der Waals surface area contributed by atoms with E-state index in [1.807, 2.05) is 13.0 Å². The standard InChI is InChI=1S/C14H20N2O2/c1-4-12(11-5-6-11)15-13-8-14(16(17)18)10(3)7-9(13)2/h7-8,11-12,15H,4-6H2,1-3H3. The average Bonchev–Trinajstić information content (AvgIpc) is 3.11. The summed E-state index contributed by atoms with van der Waals surface area (Å²) in [6, 6.07) is 4.02. The van der Waals surface area contributed by atoms with Gasteiger partial charge in [-0.15, -0.1) is 0 Å². The number of nitrogens with zero attached hydrogens (tertiary/aromatic N) is 1. The average molecular weight is 248 g/mol. The van der Waals surface area contributed by atoms with Crippen LogP contribution in [0.5, 0.6) is 0 Å². The molecule has 1 aromatic rings. The zero-order valence-electron chi connectivity index (χ0n) is 11.2. The van der Waals surface area contributed by atoms with Crippen LogP contribution in [0.2, 0.25) is 0 Å². The first-order chi connectivity index (χ1) is 8.52. The van der Waals surface area contributed by atoms with Gasteiger partial charge in [-0.25, -0.2) is 0 Å². The molecule has 1 aliphatic carbocycles. The molecule has 98 valence electrons. The van der Waals surface area contributed by atoms with Crippen molar-refractivity contribution in [3.8, 4) is 0 Å². The van der Waals surface area contributed by atoms with E-state index >= 15 is 0 Å². The van der Waals surface area contributed by atoms with Gasteiger partial charge in [-0.1, -0.05) is 6.92 Å². The maximum atomic E-state index is 11.0. The molecule has 1 atom stereocenters. The molecule has 0 radical (unpaired) electrons. The van der Waals surface area contributed by atoms with Crippen LogP contribution < -0.4 is 5.32 Å². The largest absolute Gasteiger partial charge is 0.382 e. The first-order valence-electron chi connectivity index (χ1n) is 6.55. The number of nitro benzene ring substituents is 1. The first-order valence-corrected chi connectivity index (χ1v) is 6.55. The zero-order valence-corrected chi connectivity index (χ0v) is 11.2. The maximum absolute atomic E-state index is 11.0. The van der Waals surface area contributed by atoms with E-state index in [1.54, 1.807) is 13.0 Å². The molecule has 0 aliphatic heterocycles. The summed E-state index contributed by atoms with van der Waals surface area (Å²) in [5.41, 5.74) is 2.92. The maximum Gasteiger partial charge on any atom is 0.274 e. The second kappa shape index (κ2) is 4.96. The normalized spacial score (nSPS) is 16.4. The summed E-state index contributed by atoms with van der Waals surface area (Å²) >= 11 is 0. The Morgan fingerprint density at radius 1 is 1.39 bits per heavy atom. The first kappa shape index (κ1) is 12.9. The minimum absolute atomic E-state index is 0.203. The topological polar surface area (TPSA) is 55.2 Å². The van der Waals surface area contributed by atoms with Crippen molar-refractivity contribution in [2.24, 2.45) is 5.92 Å². The van der Waals surface area contributed by atoms with E-state index in [9.17, 15) is 10.1 Å². The van der Waals surface area contributed by atoms with Crippen LogP contribution in [0.4, 0.5) is 11.4 Å². The fourth-order valence-corrected chi connectivity index (χ4v) is 2.44. The Morgan fingerprint density at radius 2 is 2.06 bits per heavy atom. The number of hydrogen-bond donors (Lipinski definition) is 1. The van der Waals surface area contributed by atoms with Crippen LogP contribution >= 0.6 is 0 Å². The van der Waals surface area contributed by atoms with E-state index < -0.39 is 0 Å². The number of rotatable bonds is 5. The van der Waals surface area contributed by atoms with Crippen LogP contribution in [-0.2, 0) is 0 Å². The summed E-state index contributed by atoms with van der Waals surface area (Å²) in [4.78, 5) is 10.7. The molecule has 1 fully saturated rings. The predicted molar refractivity (Wildman–Crippen MR) is 73.0 cm³/mol. The Kier molecular flexibility index (Phi) is 3.55. The summed E-state index contributed by atoms with van der Waals surface area (Å²) in [5.74, 6) is 0.745. The zero-order chi connectivity index (χ0) is 13.3. The van der Waals surface area contributed by atoms with E-state index in [4.69, 9.17) is 0 Å². The minimum atomic E-state index is -0.308. The van der Waals surface area contributed by atoms with Gasteiger partial charge >= 0.3 is 0 Å². The number of aryl methyl sites for hydroxylation is 2. The van der Waals surface area contributed by atoms with Crippen molar-refractivity contribution >= 4 is 11.4 Å². The van der Waals surface area contributed by atoms with Crippen LogP contribution in [-0.4, -0.2) is 11.0 Å². The number of anilines is 1. The van der Waals surface area contributed by atoms with E-state index in [1.165, 1.54) is 12.8 Å². The van der Waals surface area contributed by atoms with Gasteiger partial charge in [0.15, 0.2) is 0 Å². The molecule has 0 spiro atoms. The summed E-state index contributed by atoms with van der Waals surface area (Å²) in [6.45, 7) is 5.94. The molecule has 0 heterocycles. The van der Waals surface area contributed by atoms with Gasteiger partial charge in [0.2, 0.25) is 0 Å². The highest BCUT2D eigenvalue weighted by Gasteiger charge is 2.30. The highest BCUT2D eigenvalue weighted by Crippen LogP contribution is 2.37. The molecule has 0 amide bonds. The highest BCUT2D eigenvalue weighted by molar-refractivity contribution is 5.60. The van der Waals surface area contributed by atoms with Crippen molar-refractivity contribution in [3.05, 3.63) is 33.4 Å². The van der Waals surface area contributed by atoms with Gasteiger partial charge in [-0.3, -0.25) is 10.1 Å². The Labute approximate surface area is 108 Å². The minimum Gasteiger partial charge on any atom is -0.382 e. The quantitative estimate of drug-likeness (QED) is 0.636. The monoisotopic (exact) mass is 248 g/mol. The SMILES string of the molecule is CCC(Nc1cc([N+](=O)[O-])c(C)cc1C)C1CC1. The van der Waals surface area contributed by atoms with Gasteiger partial charge in [0.05, 0.1) is 4.92 Å². The molecule has 2 rings (SSSR count). The molecule has 4 nitrogen and oxygen atoms in total. The Morgan fingerprint density at radius 3 is 2.56 bits per heavy atom. The molecule has 1 saturated carbocycles. The van der Waals surface area contributed by atoms with Crippen LogP contribution in [0, 0.1) is 29.9 Å². The van der Waals surface area contributed by atoms with E-state index in [0.29, 0.717) is 6.04 Å². The van der Waals surface area contributed by atoms with Crippen LogP contribution in [0.15, 0.2) is 12.1 Å². The van der Waals surface area contributed by atoms with Crippen LogP contribution in [0.1, 0.15) is 37.3 Å². The van der Waals surface area contributed by atoms with Gasteiger partial charge in [-0.05, 0) is 50.7 Å². The third-order valence-electron chi connectivity index (χ3n) is 3.71. The lowest BCUT2D eigenvalue weighted by Crippen LogP contribution is -2.21. The highest BCUT2D eigenvalue weighted by atomic mass is 16.6. The number of benzene rings is 1. The van der Waals surface area contributed by atoms with Crippen molar-refractivity contribution in [1.29, 1.82) is 0 Å². The van der Waals surface area contributed by atoms with E-state index in [-0.39, 0.29) is 10.6 Å². The third-order valence-corrected chi connectivity index (χ3v) is 3.71. The van der Waals surface area contributed by atoms with Crippen molar-refractivity contribution in [3.63, 3.8) is 0 Å².